The molecule has 100 valence electrons. The summed E-state index contributed by atoms with van der Waals surface area (Å²) in [4.78, 5) is 12.9. The van der Waals surface area contributed by atoms with Crippen molar-refractivity contribution in [2.24, 2.45) is 5.84 Å². The molecule has 7 heteroatoms. The summed E-state index contributed by atoms with van der Waals surface area (Å²) in [6.45, 7) is 2.91. The van der Waals surface area contributed by atoms with Crippen molar-refractivity contribution in [3.8, 4) is 0 Å². The topological polar surface area (TPSA) is 86.0 Å². The predicted molar refractivity (Wildman–Crippen MR) is 73.5 cm³/mol. The first-order chi connectivity index (χ1) is 9.31. The van der Waals surface area contributed by atoms with Crippen LogP contribution in [0.3, 0.4) is 0 Å². The van der Waals surface area contributed by atoms with Crippen molar-refractivity contribution < 1.29 is 4.74 Å². The second-order valence-corrected chi connectivity index (χ2v) is 4.60. The highest BCUT2D eigenvalue weighted by Gasteiger charge is 2.06. The number of nitrogens with two attached hydrogens (primary N) is 1. The molecule has 2 aromatic rings. The molecule has 6 nitrogen and oxygen atoms in total. The van der Waals surface area contributed by atoms with Crippen molar-refractivity contribution in [1.29, 1.82) is 0 Å². The van der Waals surface area contributed by atoms with Crippen molar-refractivity contribution in [3.63, 3.8) is 0 Å². The minimum Gasteiger partial charge on any atom is -0.374 e. The second kappa shape index (κ2) is 7.03. The van der Waals surface area contributed by atoms with E-state index in [0.29, 0.717) is 24.9 Å². The van der Waals surface area contributed by atoms with Crippen molar-refractivity contribution >= 4 is 17.6 Å². The molecule has 0 aromatic carbocycles. The molecule has 2 aromatic heterocycles. The molecule has 0 atom stereocenters. The fourth-order valence-corrected chi connectivity index (χ4v) is 2.17. The molecular weight excluding hydrogens is 262 g/mol. The van der Waals surface area contributed by atoms with Crippen LogP contribution >= 0.6 is 11.8 Å². The van der Waals surface area contributed by atoms with Crippen molar-refractivity contribution in [2.75, 3.05) is 12.0 Å². The number of hydrogen-bond donors (Lipinski definition) is 2. The Morgan fingerprint density at radius 2 is 2.21 bits per heavy atom. The van der Waals surface area contributed by atoms with E-state index in [9.17, 15) is 0 Å². The average Bonchev–Trinajstić information content (AvgIpc) is 2.46. The Morgan fingerprint density at radius 3 is 2.89 bits per heavy atom. The fourth-order valence-electron chi connectivity index (χ4n) is 1.37. The number of pyridine rings is 1. The number of nitrogens with zero attached hydrogens (tertiary/aromatic N) is 3. The minimum absolute atomic E-state index is 0.363. The molecule has 0 aliphatic heterocycles. The van der Waals surface area contributed by atoms with Crippen LogP contribution in [-0.4, -0.2) is 21.6 Å². The van der Waals surface area contributed by atoms with Gasteiger partial charge in [0.15, 0.2) is 5.82 Å². The number of nitrogen functional groups attached to an aromatic ring is 1. The summed E-state index contributed by atoms with van der Waals surface area (Å²) in [5, 5.41) is 1.64. The van der Waals surface area contributed by atoms with Gasteiger partial charge in [0.1, 0.15) is 22.5 Å². The zero-order valence-corrected chi connectivity index (χ0v) is 11.4. The summed E-state index contributed by atoms with van der Waals surface area (Å²) in [6.07, 6.45) is 1.74. The van der Waals surface area contributed by atoms with Gasteiger partial charge in [0.25, 0.3) is 0 Å². The standard InChI is InChI=1S/C12H15N5OS/c1-2-18-8-10-15-9(17-13)7-12(16-10)19-11-5-3-4-6-14-11/h3-7H,2,8,13H2,1H3,(H,15,16,17). The Morgan fingerprint density at radius 1 is 1.32 bits per heavy atom. The van der Waals surface area contributed by atoms with Crippen molar-refractivity contribution in [2.45, 2.75) is 23.6 Å². The highest BCUT2D eigenvalue weighted by molar-refractivity contribution is 7.99. The first-order valence-corrected chi connectivity index (χ1v) is 6.64. The molecule has 0 saturated heterocycles. The Hall–Kier alpha value is -1.70. The minimum atomic E-state index is 0.363. The first-order valence-electron chi connectivity index (χ1n) is 5.83. The molecule has 0 aliphatic carbocycles. The number of nitrogens with one attached hydrogen (secondary N) is 1. The molecule has 0 bridgehead atoms. The van der Waals surface area contributed by atoms with E-state index in [1.165, 1.54) is 11.8 Å². The van der Waals surface area contributed by atoms with E-state index in [-0.39, 0.29) is 0 Å². The van der Waals surface area contributed by atoms with Crippen LogP contribution < -0.4 is 11.3 Å². The van der Waals surface area contributed by atoms with Crippen LogP contribution in [0, 0.1) is 0 Å². The van der Waals surface area contributed by atoms with Gasteiger partial charge in [0.2, 0.25) is 0 Å². The SMILES string of the molecule is CCOCc1nc(NN)cc(Sc2ccccn2)n1. The van der Waals surface area contributed by atoms with Crippen LogP contribution in [0.1, 0.15) is 12.7 Å². The van der Waals surface area contributed by atoms with Gasteiger partial charge in [0, 0.05) is 18.9 Å². The molecule has 0 fully saturated rings. The largest absolute Gasteiger partial charge is 0.374 e. The molecule has 2 heterocycles. The Labute approximate surface area is 115 Å². The summed E-state index contributed by atoms with van der Waals surface area (Å²) in [5.41, 5.74) is 2.53. The fraction of sp³-hybridized carbons (Fsp3) is 0.250. The van der Waals surface area contributed by atoms with E-state index in [0.717, 1.165) is 10.1 Å². The Balaban J connectivity index is 2.19. The van der Waals surface area contributed by atoms with E-state index in [4.69, 9.17) is 10.6 Å². The maximum absolute atomic E-state index is 5.40. The highest BCUT2D eigenvalue weighted by Crippen LogP contribution is 2.25. The summed E-state index contributed by atoms with van der Waals surface area (Å²) >= 11 is 1.45. The summed E-state index contributed by atoms with van der Waals surface area (Å²) < 4.78 is 5.31. The zero-order chi connectivity index (χ0) is 13.5. The number of anilines is 1. The quantitative estimate of drug-likeness (QED) is 0.473. The summed E-state index contributed by atoms with van der Waals surface area (Å²) in [7, 11) is 0. The average molecular weight is 277 g/mol. The van der Waals surface area contributed by atoms with E-state index in [2.05, 4.69) is 20.4 Å². The van der Waals surface area contributed by atoms with Crippen LogP contribution in [0.4, 0.5) is 5.82 Å². The number of rotatable bonds is 6. The van der Waals surface area contributed by atoms with Gasteiger partial charge < -0.3 is 10.2 Å². The normalized spacial score (nSPS) is 10.4. The zero-order valence-electron chi connectivity index (χ0n) is 10.5. The van der Waals surface area contributed by atoms with Gasteiger partial charge >= 0.3 is 0 Å². The molecule has 0 spiro atoms. The van der Waals surface area contributed by atoms with Crippen molar-refractivity contribution in [1.82, 2.24) is 15.0 Å². The number of aromatic nitrogens is 3. The third-order valence-corrected chi connectivity index (χ3v) is 3.05. The molecule has 0 amide bonds. The maximum Gasteiger partial charge on any atom is 0.157 e. The number of ether oxygens (including phenoxy) is 1. The molecule has 2 rings (SSSR count). The lowest BCUT2D eigenvalue weighted by molar-refractivity contribution is 0.128. The van der Waals surface area contributed by atoms with Gasteiger partial charge in [-0.05, 0) is 30.8 Å². The van der Waals surface area contributed by atoms with Gasteiger partial charge in [-0.1, -0.05) is 6.07 Å². The van der Waals surface area contributed by atoms with Crippen LogP contribution in [0.25, 0.3) is 0 Å². The lowest BCUT2D eigenvalue weighted by atomic mass is 10.5. The maximum atomic E-state index is 5.40. The van der Waals surface area contributed by atoms with Crippen LogP contribution in [-0.2, 0) is 11.3 Å². The molecule has 3 N–H and O–H groups in total. The second-order valence-electron chi connectivity index (χ2n) is 3.56. The number of hydrazine groups is 1. The molecular formula is C12H15N5OS. The Bertz CT molecular complexity index is 523. The van der Waals surface area contributed by atoms with Crippen LogP contribution in [0.15, 0.2) is 40.5 Å². The highest BCUT2D eigenvalue weighted by atomic mass is 32.2. The third kappa shape index (κ3) is 4.16. The van der Waals surface area contributed by atoms with Gasteiger partial charge in [-0.3, -0.25) is 0 Å². The van der Waals surface area contributed by atoms with Crippen LogP contribution in [0.2, 0.25) is 0 Å². The molecule has 0 unspecified atom stereocenters. The lowest BCUT2D eigenvalue weighted by Crippen LogP contribution is -2.11. The van der Waals surface area contributed by atoms with E-state index < -0.39 is 0 Å². The van der Waals surface area contributed by atoms with Crippen LogP contribution in [0.5, 0.6) is 0 Å². The summed E-state index contributed by atoms with van der Waals surface area (Å²) in [6, 6.07) is 7.50. The predicted octanol–water partition coefficient (Wildman–Crippen LogP) is 1.84. The monoisotopic (exact) mass is 277 g/mol. The van der Waals surface area contributed by atoms with Gasteiger partial charge in [-0.25, -0.2) is 20.8 Å². The third-order valence-electron chi connectivity index (χ3n) is 2.18. The Kier molecular flexibility index (Phi) is 5.08. The summed E-state index contributed by atoms with van der Waals surface area (Å²) in [5.74, 6) is 6.56. The van der Waals surface area contributed by atoms with Gasteiger partial charge in [0.05, 0.1) is 0 Å². The van der Waals surface area contributed by atoms with Gasteiger partial charge in [-0.15, -0.1) is 0 Å². The smallest absolute Gasteiger partial charge is 0.157 e. The van der Waals surface area contributed by atoms with Gasteiger partial charge in [-0.2, -0.15) is 0 Å². The lowest BCUT2D eigenvalue weighted by Gasteiger charge is -2.07. The van der Waals surface area contributed by atoms with E-state index in [1.54, 1.807) is 12.3 Å². The van der Waals surface area contributed by atoms with E-state index in [1.807, 2.05) is 25.1 Å². The molecule has 0 saturated carbocycles. The number of hydrogen-bond acceptors (Lipinski definition) is 7. The molecule has 0 aliphatic rings. The molecule has 0 radical (unpaired) electrons. The van der Waals surface area contributed by atoms with E-state index >= 15 is 0 Å². The first kappa shape index (κ1) is 13.7. The molecule has 19 heavy (non-hydrogen) atoms. The van der Waals surface area contributed by atoms with Crippen molar-refractivity contribution in [3.05, 3.63) is 36.3 Å².